The normalized spacial score (nSPS) is 18.1. The highest BCUT2D eigenvalue weighted by atomic mass is 14.6. The lowest BCUT2D eigenvalue weighted by Crippen LogP contribution is -2.10. The van der Waals surface area contributed by atoms with E-state index in [1.54, 1.807) is 0 Å². The minimum Gasteiger partial charge on any atom is -0.324 e. The Hall–Kier alpha value is -0.820. The van der Waals surface area contributed by atoms with Gasteiger partial charge in [0.2, 0.25) is 0 Å². The lowest BCUT2D eigenvalue weighted by atomic mass is 10.00. The molecule has 0 spiro atoms. The van der Waals surface area contributed by atoms with Crippen molar-refractivity contribution in [3.05, 3.63) is 35.4 Å². The first-order chi connectivity index (χ1) is 6.75. The maximum Gasteiger partial charge on any atom is 0.0295 e. The smallest absolute Gasteiger partial charge is 0.0295 e. The third kappa shape index (κ3) is 2.58. The van der Waals surface area contributed by atoms with Gasteiger partial charge in [0.1, 0.15) is 0 Å². The zero-order valence-electron chi connectivity index (χ0n) is 8.87. The van der Waals surface area contributed by atoms with Crippen LogP contribution in [0.5, 0.6) is 0 Å². The quantitative estimate of drug-likeness (QED) is 0.773. The van der Waals surface area contributed by atoms with Crippen LogP contribution in [0.1, 0.15) is 42.9 Å². The fourth-order valence-corrected chi connectivity index (χ4v) is 1.89. The van der Waals surface area contributed by atoms with E-state index in [1.165, 1.54) is 30.4 Å². The van der Waals surface area contributed by atoms with Gasteiger partial charge in [-0.2, -0.15) is 0 Å². The van der Waals surface area contributed by atoms with Crippen LogP contribution in [-0.2, 0) is 0 Å². The first kappa shape index (κ1) is 9.72. The van der Waals surface area contributed by atoms with Gasteiger partial charge in [-0.15, -0.1) is 0 Å². The van der Waals surface area contributed by atoms with Crippen LogP contribution in [0.25, 0.3) is 0 Å². The van der Waals surface area contributed by atoms with E-state index in [4.69, 9.17) is 5.73 Å². The van der Waals surface area contributed by atoms with E-state index in [1.807, 2.05) is 0 Å². The van der Waals surface area contributed by atoms with Gasteiger partial charge in [-0.3, -0.25) is 0 Å². The highest BCUT2D eigenvalue weighted by molar-refractivity contribution is 5.24. The summed E-state index contributed by atoms with van der Waals surface area (Å²) in [6.45, 7) is 2.12. The molecule has 0 heterocycles. The molecule has 0 saturated heterocycles. The van der Waals surface area contributed by atoms with Gasteiger partial charge in [-0.25, -0.2) is 0 Å². The molecule has 1 aliphatic rings. The Kier molecular flexibility index (Phi) is 2.87. The molecular weight excluding hydrogens is 170 g/mol. The van der Waals surface area contributed by atoms with E-state index in [2.05, 4.69) is 31.2 Å². The molecule has 14 heavy (non-hydrogen) atoms. The van der Waals surface area contributed by atoms with E-state index in [-0.39, 0.29) is 6.04 Å². The average molecular weight is 189 g/mol. The van der Waals surface area contributed by atoms with Gasteiger partial charge < -0.3 is 5.73 Å². The van der Waals surface area contributed by atoms with Crippen LogP contribution < -0.4 is 5.73 Å². The van der Waals surface area contributed by atoms with Crippen molar-refractivity contribution in [1.82, 2.24) is 0 Å². The van der Waals surface area contributed by atoms with Gasteiger partial charge in [0, 0.05) is 6.04 Å². The lowest BCUT2D eigenvalue weighted by Gasteiger charge is -2.12. The second kappa shape index (κ2) is 4.14. The summed E-state index contributed by atoms with van der Waals surface area (Å²) >= 11 is 0. The molecule has 1 atom stereocenters. The van der Waals surface area contributed by atoms with Gasteiger partial charge in [0.25, 0.3) is 0 Å². The summed E-state index contributed by atoms with van der Waals surface area (Å²) in [7, 11) is 0. The molecule has 2 rings (SSSR count). The number of nitrogens with two attached hydrogens (primary N) is 1. The van der Waals surface area contributed by atoms with Crippen molar-refractivity contribution in [1.29, 1.82) is 0 Å². The number of benzene rings is 1. The van der Waals surface area contributed by atoms with E-state index in [9.17, 15) is 0 Å². The molecule has 0 radical (unpaired) electrons. The van der Waals surface area contributed by atoms with Crippen LogP contribution in [0, 0.1) is 12.8 Å². The van der Waals surface area contributed by atoms with Crippen LogP contribution in [0.3, 0.4) is 0 Å². The predicted octanol–water partition coefficient (Wildman–Crippen LogP) is 3.19. The van der Waals surface area contributed by atoms with Crippen molar-refractivity contribution in [2.24, 2.45) is 11.7 Å². The second-order valence-corrected chi connectivity index (χ2v) is 4.54. The molecule has 1 heteroatoms. The van der Waals surface area contributed by atoms with Gasteiger partial charge in [0.05, 0.1) is 0 Å². The van der Waals surface area contributed by atoms with Crippen LogP contribution >= 0.6 is 0 Å². The van der Waals surface area contributed by atoms with Crippen molar-refractivity contribution < 1.29 is 0 Å². The number of rotatable bonds is 4. The van der Waals surface area contributed by atoms with Crippen molar-refractivity contribution in [2.75, 3.05) is 0 Å². The Morgan fingerprint density at radius 3 is 2.86 bits per heavy atom. The zero-order chi connectivity index (χ0) is 9.97. The van der Waals surface area contributed by atoms with Crippen molar-refractivity contribution in [2.45, 2.75) is 38.6 Å². The fraction of sp³-hybridized carbons (Fsp3) is 0.538. The van der Waals surface area contributed by atoms with E-state index in [0.717, 1.165) is 12.3 Å². The highest BCUT2D eigenvalue weighted by Crippen LogP contribution is 2.35. The van der Waals surface area contributed by atoms with Crippen molar-refractivity contribution in [3.63, 3.8) is 0 Å². The van der Waals surface area contributed by atoms with Crippen LogP contribution in [-0.4, -0.2) is 0 Å². The molecule has 76 valence electrons. The molecule has 1 saturated carbocycles. The maximum atomic E-state index is 6.14. The van der Waals surface area contributed by atoms with Gasteiger partial charge in [0.15, 0.2) is 0 Å². The Balaban J connectivity index is 1.91. The molecule has 1 nitrogen and oxygen atoms in total. The Morgan fingerprint density at radius 1 is 1.43 bits per heavy atom. The van der Waals surface area contributed by atoms with Crippen molar-refractivity contribution in [3.8, 4) is 0 Å². The topological polar surface area (TPSA) is 26.0 Å². The third-order valence-corrected chi connectivity index (χ3v) is 3.05. The van der Waals surface area contributed by atoms with Crippen molar-refractivity contribution >= 4 is 0 Å². The predicted molar refractivity (Wildman–Crippen MR) is 60.1 cm³/mol. The van der Waals surface area contributed by atoms with Crippen LogP contribution in [0.4, 0.5) is 0 Å². The summed E-state index contributed by atoms with van der Waals surface area (Å²) in [5.74, 6) is 0.992. The lowest BCUT2D eigenvalue weighted by molar-refractivity contribution is 0.575. The molecule has 1 aliphatic carbocycles. The minimum atomic E-state index is 0.246. The molecule has 0 aliphatic heterocycles. The molecule has 1 aromatic carbocycles. The van der Waals surface area contributed by atoms with Crippen LogP contribution in [0.2, 0.25) is 0 Å². The average Bonchev–Trinajstić information content (AvgIpc) is 2.97. The van der Waals surface area contributed by atoms with E-state index in [0.29, 0.717) is 0 Å². The standard InChI is InChI=1S/C13H19N/c1-10-3-2-4-12(9-10)13(14)8-7-11-5-6-11/h2-4,9,11,13H,5-8,14H2,1H3. The summed E-state index contributed by atoms with van der Waals surface area (Å²) in [4.78, 5) is 0. The molecule has 0 bridgehead atoms. The Morgan fingerprint density at radius 2 is 2.21 bits per heavy atom. The molecular formula is C13H19N. The minimum absolute atomic E-state index is 0.246. The summed E-state index contributed by atoms with van der Waals surface area (Å²) < 4.78 is 0. The highest BCUT2D eigenvalue weighted by Gasteiger charge is 2.21. The molecule has 0 aromatic heterocycles. The second-order valence-electron chi connectivity index (χ2n) is 4.54. The third-order valence-electron chi connectivity index (χ3n) is 3.05. The number of hydrogen-bond acceptors (Lipinski definition) is 1. The fourth-order valence-electron chi connectivity index (χ4n) is 1.89. The summed E-state index contributed by atoms with van der Waals surface area (Å²) in [5, 5.41) is 0. The van der Waals surface area contributed by atoms with Gasteiger partial charge >= 0.3 is 0 Å². The maximum absolute atomic E-state index is 6.14. The van der Waals surface area contributed by atoms with E-state index < -0.39 is 0 Å². The Labute approximate surface area is 86.3 Å². The van der Waals surface area contributed by atoms with E-state index >= 15 is 0 Å². The largest absolute Gasteiger partial charge is 0.324 e. The van der Waals surface area contributed by atoms with Gasteiger partial charge in [-0.05, 0) is 31.2 Å². The molecule has 0 amide bonds. The number of hydrogen-bond donors (Lipinski definition) is 1. The summed E-state index contributed by atoms with van der Waals surface area (Å²) in [6.07, 6.45) is 5.32. The number of aryl methyl sites for hydroxylation is 1. The zero-order valence-corrected chi connectivity index (χ0v) is 8.87. The molecule has 1 unspecified atom stereocenters. The first-order valence-electron chi connectivity index (χ1n) is 5.58. The Bertz CT molecular complexity index is 302. The monoisotopic (exact) mass is 189 g/mol. The molecule has 1 fully saturated rings. The molecule has 2 N–H and O–H groups in total. The molecule has 1 aromatic rings. The first-order valence-corrected chi connectivity index (χ1v) is 5.58. The SMILES string of the molecule is Cc1cccc(C(N)CCC2CC2)c1. The van der Waals surface area contributed by atoms with Crippen LogP contribution in [0.15, 0.2) is 24.3 Å². The van der Waals surface area contributed by atoms with Gasteiger partial charge in [-0.1, -0.05) is 42.7 Å². The summed E-state index contributed by atoms with van der Waals surface area (Å²) in [6, 6.07) is 8.82. The summed E-state index contributed by atoms with van der Waals surface area (Å²) in [5.41, 5.74) is 8.75.